The Hall–Kier alpha value is -2.80. The number of carbonyl (C=O) groups excluding carboxylic acids is 3. The molecule has 6 nitrogen and oxygen atoms in total. The van der Waals surface area contributed by atoms with Crippen molar-refractivity contribution >= 4 is 35.1 Å². The first-order valence-corrected chi connectivity index (χ1v) is 9.86. The van der Waals surface area contributed by atoms with Crippen LogP contribution in [-0.2, 0) is 14.3 Å². The molecule has 2 aromatic carbocycles. The molecule has 0 heterocycles. The topological polar surface area (TPSA) is 81.7 Å². The number of hydrogen-bond acceptors (Lipinski definition) is 6. The summed E-state index contributed by atoms with van der Waals surface area (Å²) in [5.41, 5.74) is 2.25. The quantitative estimate of drug-likeness (QED) is 0.512. The summed E-state index contributed by atoms with van der Waals surface area (Å²) in [6, 6.07) is 14.0. The van der Waals surface area contributed by atoms with Crippen LogP contribution in [0.2, 0.25) is 0 Å². The van der Waals surface area contributed by atoms with Crippen LogP contribution in [0.4, 0.5) is 5.69 Å². The second-order valence-electron chi connectivity index (χ2n) is 6.13. The average molecular weight is 401 g/mol. The highest BCUT2D eigenvalue weighted by Crippen LogP contribution is 2.14. The molecule has 0 fully saturated rings. The standard InChI is InChI=1S/C21H23NO5S/c1-14-4-8-17(9-5-14)22-19(23)12-28-13-20(24)27-15(2)21(25)16-6-10-18(26-3)11-7-16/h4-11,15H,12-13H2,1-3H3,(H,22,23)/t15-/m1/s1. The lowest BCUT2D eigenvalue weighted by atomic mass is 10.1. The molecule has 0 saturated heterocycles. The summed E-state index contributed by atoms with van der Waals surface area (Å²) >= 11 is 1.13. The van der Waals surface area contributed by atoms with Gasteiger partial charge < -0.3 is 14.8 Å². The fourth-order valence-corrected chi connectivity index (χ4v) is 2.93. The minimum absolute atomic E-state index is 0.0124. The molecule has 0 aliphatic rings. The smallest absolute Gasteiger partial charge is 0.316 e. The number of methoxy groups -OCH3 is 1. The predicted molar refractivity (Wildman–Crippen MR) is 110 cm³/mol. The minimum atomic E-state index is -0.900. The maximum absolute atomic E-state index is 12.3. The average Bonchev–Trinajstić information content (AvgIpc) is 2.69. The van der Waals surface area contributed by atoms with E-state index in [9.17, 15) is 14.4 Å². The van der Waals surface area contributed by atoms with Gasteiger partial charge in [-0.25, -0.2) is 0 Å². The molecule has 0 spiro atoms. The van der Waals surface area contributed by atoms with Crippen molar-refractivity contribution in [1.29, 1.82) is 0 Å². The fraction of sp³-hybridized carbons (Fsp3) is 0.286. The Morgan fingerprint density at radius 3 is 2.25 bits per heavy atom. The Morgan fingerprint density at radius 2 is 1.64 bits per heavy atom. The van der Waals surface area contributed by atoms with Crippen molar-refractivity contribution in [2.75, 3.05) is 23.9 Å². The van der Waals surface area contributed by atoms with E-state index in [0.29, 0.717) is 17.0 Å². The Morgan fingerprint density at radius 1 is 1.00 bits per heavy atom. The number of rotatable bonds is 9. The van der Waals surface area contributed by atoms with Crippen molar-refractivity contribution in [2.24, 2.45) is 0 Å². The summed E-state index contributed by atoms with van der Waals surface area (Å²) in [5.74, 6) is -0.295. The number of benzene rings is 2. The Balaban J connectivity index is 1.72. The molecular weight excluding hydrogens is 378 g/mol. The molecule has 28 heavy (non-hydrogen) atoms. The number of hydrogen-bond donors (Lipinski definition) is 1. The number of amides is 1. The Kier molecular flexibility index (Phi) is 8.07. The molecule has 148 valence electrons. The predicted octanol–water partition coefficient (Wildman–Crippen LogP) is 3.49. The molecule has 1 atom stereocenters. The highest BCUT2D eigenvalue weighted by atomic mass is 32.2. The van der Waals surface area contributed by atoms with Gasteiger partial charge in [-0.3, -0.25) is 14.4 Å². The molecule has 0 unspecified atom stereocenters. The van der Waals surface area contributed by atoms with Gasteiger partial charge in [0.15, 0.2) is 6.10 Å². The minimum Gasteiger partial charge on any atom is -0.497 e. The third-order valence-corrected chi connectivity index (χ3v) is 4.75. The van der Waals surface area contributed by atoms with Gasteiger partial charge in [-0.15, -0.1) is 11.8 Å². The van der Waals surface area contributed by atoms with Crippen molar-refractivity contribution in [3.05, 3.63) is 59.7 Å². The number of anilines is 1. The van der Waals surface area contributed by atoms with Gasteiger partial charge in [-0.2, -0.15) is 0 Å². The van der Waals surface area contributed by atoms with E-state index >= 15 is 0 Å². The number of ketones is 1. The van der Waals surface area contributed by atoms with Crippen molar-refractivity contribution in [1.82, 2.24) is 0 Å². The van der Waals surface area contributed by atoms with Crippen LogP contribution in [0.1, 0.15) is 22.8 Å². The van der Waals surface area contributed by atoms with E-state index in [0.717, 1.165) is 17.3 Å². The van der Waals surface area contributed by atoms with Crippen LogP contribution in [0.5, 0.6) is 5.75 Å². The maximum atomic E-state index is 12.3. The third-order valence-electron chi connectivity index (χ3n) is 3.84. The Labute approximate surface area is 168 Å². The first-order valence-electron chi connectivity index (χ1n) is 8.71. The van der Waals surface area contributed by atoms with Crippen molar-refractivity contribution in [2.45, 2.75) is 20.0 Å². The van der Waals surface area contributed by atoms with Crippen LogP contribution < -0.4 is 10.1 Å². The summed E-state index contributed by atoms with van der Waals surface area (Å²) in [6.45, 7) is 3.49. The van der Waals surface area contributed by atoms with Gasteiger partial charge in [0.25, 0.3) is 0 Å². The van der Waals surface area contributed by atoms with Gasteiger partial charge in [-0.1, -0.05) is 17.7 Å². The lowest BCUT2D eigenvalue weighted by molar-refractivity contribution is -0.143. The fourth-order valence-electron chi connectivity index (χ4n) is 2.34. The van der Waals surface area contributed by atoms with Gasteiger partial charge in [0.2, 0.25) is 11.7 Å². The zero-order chi connectivity index (χ0) is 20.5. The van der Waals surface area contributed by atoms with Gasteiger partial charge in [-0.05, 0) is 50.2 Å². The van der Waals surface area contributed by atoms with Gasteiger partial charge >= 0.3 is 5.97 Å². The van der Waals surface area contributed by atoms with Crippen LogP contribution in [0.3, 0.4) is 0 Å². The van der Waals surface area contributed by atoms with Crippen molar-refractivity contribution in [3.8, 4) is 5.75 Å². The zero-order valence-corrected chi connectivity index (χ0v) is 16.9. The summed E-state index contributed by atoms with van der Waals surface area (Å²) in [6.07, 6.45) is -0.900. The monoisotopic (exact) mass is 401 g/mol. The van der Waals surface area contributed by atoms with Crippen LogP contribution in [0, 0.1) is 6.92 Å². The van der Waals surface area contributed by atoms with Crippen molar-refractivity contribution in [3.63, 3.8) is 0 Å². The van der Waals surface area contributed by atoms with E-state index in [-0.39, 0.29) is 23.2 Å². The molecule has 0 bridgehead atoms. The molecule has 1 N–H and O–H groups in total. The van der Waals surface area contributed by atoms with E-state index in [1.807, 2.05) is 31.2 Å². The number of thioether (sulfide) groups is 1. The molecule has 0 aliphatic carbocycles. The SMILES string of the molecule is COc1ccc(C(=O)[C@@H](C)OC(=O)CSCC(=O)Nc2ccc(C)cc2)cc1. The summed E-state index contributed by atoms with van der Waals surface area (Å²) in [5, 5.41) is 2.76. The molecule has 0 aliphatic heterocycles. The first-order chi connectivity index (χ1) is 13.4. The zero-order valence-electron chi connectivity index (χ0n) is 16.1. The molecule has 1 amide bonds. The second-order valence-corrected chi connectivity index (χ2v) is 7.12. The van der Waals surface area contributed by atoms with E-state index in [2.05, 4.69) is 5.32 Å². The number of aryl methyl sites for hydroxylation is 1. The van der Waals surface area contributed by atoms with E-state index < -0.39 is 12.1 Å². The second kappa shape index (κ2) is 10.5. The molecule has 2 rings (SSSR count). The Bertz CT molecular complexity index is 818. The molecular formula is C21H23NO5S. The number of nitrogens with one attached hydrogen (secondary N) is 1. The number of ether oxygens (including phenoxy) is 2. The summed E-state index contributed by atoms with van der Waals surface area (Å²) in [4.78, 5) is 36.1. The van der Waals surface area contributed by atoms with Crippen LogP contribution in [-0.4, -0.2) is 42.4 Å². The first kappa shape index (κ1) is 21.5. The van der Waals surface area contributed by atoms with Gasteiger partial charge in [0.1, 0.15) is 5.75 Å². The lowest BCUT2D eigenvalue weighted by Gasteiger charge is -2.12. The van der Waals surface area contributed by atoms with E-state index in [1.54, 1.807) is 31.4 Å². The van der Waals surface area contributed by atoms with Crippen LogP contribution >= 0.6 is 11.8 Å². The normalized spacial score (nSPS) is 11.4. The summed E-state index contributed by atoms with van der Waals surface area (Å²) in [7, 11) is 1.54. The van der Waals surface area contributed by atoms with E-state index in [1.165, 1.54) is 6.92 Å². The van der Waals surface area contributed by atoms with Crippen LogP contribution in [0.15, 0.2) is 48.5 Å². The number of carbonyl (C=O) groups is 3. The van der Waals surface area contributed by atoms with Gasteiger partial charge in [0.05, 0.1) is 18.6 Å². The molecule has 0 saturated carbocycles. The number of Topliss-reactive ketones (excluding diaryl/α,β-unsaturated/α-hetero) is 1. The highest BCUT2D eigenvalue weighted by Gasteiger charge is 2.19. The molecule has 7 heteroatoms. The van der Waals surface area contributed by atoms with E-state index in [4.69, 9.17) is 9.47 Å². The molecule has 0 aromatic heterocycles. The molecule has 2 aromatic rings. The lowest BCUT2D eigenvalue weighted by Crippen LogP contribution is -2.25. The largest absolute Gasteiger partial charge is 0.497 e. The third kappa shape index (κ3) is 6.74. The van der Waals surface area contributed by atoms with Crippen molar-refractivity contribution < 1.29 is 23.9 Å². The molecule has 0 radical (unpaired) electrons. The van der Waals surface area contributed by atoms with Crippen LogP contribution in [0.25, 0.3) is 0 Å². The van der Waals surface area contributed by atoms with Gasteiger partial charge in [0, 0.05) is 11.3 Å². The maximum Gasteiger partial charge on any atom is 0.316 e. The summed E-state index contributed by atoms with van der Waals surface area (Å²) < 4.78 is 10.2. The highest BCUT2D eigenvalue weighted by molar-refractivity contribution is 8.00. The number of esters is 1.